The van der Waals surface area contributed by atoms with Crippen molar-refractivity contribution in [3.8, 4) is 17.1 Å². The largest absolute Gasteiger partial charge is 0.477 e. The van der Waals surface area contributed by atoms with Crippen LogP contribution in [-0.2, 0) is 4.79 Å². The Hall–Kier alpha value is -3.00. The van der Waals surface area contributed by atoms with Crippen molar-refractivity contribution in [1.82, 2.24) is 19.7 Å². The van der Waals surface area contributed by atoms with Gasteiger partial charge in [-0.3, -0.25) is 5.10 Å². The molecule has 9 heteroatoms. The predicted molar refractivity (Wildman–Crippen MR) is 119 cm³/mol. The number of benzene rings is 2. The zero-order valence-corrected chi connectivity index (χ0v) is 17.6. The molecule has 6 nitrogen and oxygen atoms in total. The SMILES string of the molecule is O=C(O)/C(=C/c1cccn1-c1ccc(Cl)cc1)Sc1n[nH]c(-c2ccc(Cl)cc2)n1. The van der Waals surface area contributed by atoms with E-state index < -0.39 is 5.97 Å². The standard InChI is InChI=1S/C21H14Cl2N4O2S/c22-14-5-3-13(4-6-14)19-24-21(26-25-19)30-18(20(28)29)12-17-2-1-11-27(17)16-9-7-15(23)8-10-16/h1-12H,(H,28,29)(H,24,25,26)/b18-12-. The highest BCUT2D eigenvalue weighted by Gasteiger charge is 2.15. The molecule has 0 unspecified atom stereocenters. The summed E-state index contributed by atoms with van der Waals surface area (Å²) < 4.78 is 1.87. The molecular weight excluding hydrogens is 443 g/mol. The highest BCUT2D eigenvalue weighted by molar-refractivity contribution is 8.04. The fraction of sp³-hybridized carbons (Fsp3) is 0. The predicted octanol–water partition coefficient (Wildman–Crippen LogP) is 5.79. The number of thioether (sulfide) groups is 1. The van der Waals surface area contributed by atoms with Gasteiger partial charge in [0.25, 0.3) is 0 Å². The lowest BCUT2D eigenvalue weighted by atomic mass is 10.2. The Labute approximate surface area is 186 Å². The molecule has 150 valence electrons. The van der Waals surface area contributed by atoms with Crippen molar-refractivity contribution < 1.29 is 9.90 Å². The molecule has 2 aromatic carbocycles. The minimum Gasteiger partial charge on any atom is -0.477 e. The molecule has 0 fully saturated rings. The number of aliphatic carboxylic acids is 1. The van der Waals surface area contributed by atoms with Crippen LogP contribution in [0.2, 0.25) is 10.0 Å². The van der Waals surface area contributed by atoms with Crippen LogP contribution in [0.3, 0.4) is 0 Å². The average molecular weight is 457 g/mol. The lowest BCUT2D eigenvalue weighted by Gasteiger charge is -2.07. The number of halogens is 2. The first-order valence-corrected chi connectivity index (χ1v) is 10.3. The molecule has 0 atom stereocenters. The summed E-state index contributed by atoms with van der Waals surface area (Å²) in [4.78, 5) is 16.3. The van der Waals surface area contributed by atoms with Crippen LogP contribution in [0.1, 0.15) is 5.69 Å². The van der Waals surface area contributed by atoms with Gasteiger partial charge in [0.15, 0.2) is 5.82 Å². The van der Waals surface area contributed by atoms with Crippen LogP contribution in [0.4, 0.5) is 0 Å². The molecule has 4 rings (SSSR count). The smallest absolute Gasteiger partial charge is 0.342 e. The summed E-state index contributed by atoms with van der Waals surface area (Å²) in [5.74, 6) is -0.537. The van der Waals surface area contributed by atoms with Crippen molar-refractivity contribution >= 4 is 47.0 Å². The minimum atomic E-state index is -1.07. The fourth-order valence-corrected chi connectivity index (χ4v) is 3.69. The molecule has 0 aliphatic rings. The lowest BCUT2D eigenvalue weighted by molar-refractivity contribution is -0.131. The Morgan fingerprint density at radius 1 is 1.03 bits per heavy atom. The Balaban J connectivity index is 1.61. The first-order valence-electron chi connectivity index (χ1n) is 8.74. The van der Waals surface area contributed by atoms with Gasteiger partial charge in [-0.05, 0) is 78.5 Å². The third kappa shape index (κ3) is 4.59. The minimum absolute atomic E-state index is 0.0885. The number of nitrogens with zero attached hydrogens (tertiary/aromatic N) is 3. The molecule has 2 N–H and O–H groups in total. The number of aromatic nitrogens is 4. The number of carboxylic acids is 1. The van der Waals surface area contributed by atoms with Gasteiger partial charge in [0.1, 0.15) is 4.91 Å². The topological polar surface area (TPSA) is 83.8 Å². The molecule has 0 spiro atoms. The number of carbonyl (C=O) groups is 1. The second-order valence-corrected chi connectivity index (χ2v) is 8.05. The first kappa shape index (κ1) is 20.3. The van der Waals surface area contributed by atoms with E-state index >= 15 is 0 Å². The van der Waals surface area contributed by atoms with E-state index in [2.05, 4.69) is 15.2 Å². The average Bonchev–Trinajstić information content (AvgIpc) is 3.38. The molecule has 4 aromatic rings. The highest BCUT2D eigenvalue weighted by atomic mass is 35.5. The summed E-state index contributed by atoms with van der Waals surface area (Å²) in [5.41, 5.74) is 2.38. The van der Waals surface area contributed by atoms with Crippen LogP contribution in [0.15, 0.2) is 76.9 Å². The Morgan fingerprint density at radius 3 is 2.37 bits per heavy atom. The maximum absolute atomic E-state index is 11.8. The molecule has 0 aliphatic heterocycles. The molecule has 30 heavy (non-hydrogen) atoms. The van der Waals surface area contributed by atoms with Gasteiger partial charge in [0, 0.05) is 33.2 Å². The molecule has 0 radical (unpaired) electrons. The van der Waals surface area contributed by atoms with Crippen molar-refractivity contribution in [1.29, 1.82) is 0 Å². The van der Waals surface area contributed by atoms with E-state index in [0.717, 1.165) is 23.0 Å². The van der Waals surface area contributed by atoms with E-state index in [1.807, 2.05) is 47.2 Å². The van der Waals surface area contributed by atoms with E-state index in [4.69, 9.17) is 23.2 Å². The van der Waals surface area contributed by atoms with Gasteiger partial charge in [-0.1, -0.05) is 23.2 Å². The van der Waals surface area contributed by atoms with Gasteiger partial charge < -0.3 is 9.67 Å². The second kappa shape index (κ2) is 8.79. The van der Waals surface area contributed by atoms with Gasteiger partial charge >= 0.3 is 5.97 Å². The summed E-state index contributed by atoms with van der Waals surface area (Å²) in [6, 6.07) is 18.1. The number of carboxylic acid groups (broad SMARTS) is 1. The Morgan fingerprint density at radius 2 is 1.70 bits per heavy atom. The summed E-state index contributed by atoms with van der Waals surface area (Å²) in [5, 5.41) is 18.2. The highest BCUT2D eigenvalue weighted by Crippen LogP contribution is 2.28. The Bertz CT molecular complexity index is 1210. The zero-order chi connectivity index (χ0) is 21.1. The van der Waals surface area contributed by atoms with Crippen molar-refractivity contribution in [2.75, 3.05) is 0 Å². The van der Waals surface area contributed by atoms with Crippen molar-refractivity contribution in [2.45, 2.75) is 5.16 Å². The van der Waals surface area contributed by atoms with E-state index in [1.165, 1.54) is 0 Å². The molecule has 2 aromatic heterocycles. The molecule has 0 amide bonds. The molecular formula is C21H14Cl2N4O2S. The van der Waals surface area contributed by atoms with Crippen LogP contribution >= 0.6 is 35.0 Å². The quantitative estimate of drug-likeness (QED) is 0.283. The van der Waals surface area contributed by atoms with E-state index in [1.54, 1.807) is 30.3 Å². The third-order valence-corrected chi connectivity index (χ3v) is 5.54. The van der Waals surface area contributed by atoms with E-state index in [0.29, 0.717) is 26.7 Å². The fourth-order valence-electron chi connectivity index (χ4n) is 2.74. The maximum atomic E-state index is 11.8. The van der Waals surface area contributed by atoms with Crippen LogP contribution in [0.5, 0.6) is 0 Å². The lowest BCUT2D eigenvalue weighted by Crippen LogP contribution is -2.00. The van der Waals surface area contributed by atoms with Crippen molar-refractivity contribution in [3.05, 3.63) is 87.5 Å². The number of hydrogen-bond donors (Lipinski definition) is 2. The zero-order valence-electron chi connectivity index (χ0n) is 15.3. The number of rotatable bonds is 6. The van der Waals surface area contributed by atoms with Crippen LogP contribution < -0.4 is 0 Å². The molecule has 0 saturated heterocycles. The molecule has 0 bridgehead atoms. The summed E-state index contributed by atoms with van der Waals surface area (Å²) in [6.45, 7) is 0. The van der Waals surface area contributed by atoms with Gasteiger partial charge in [-0.15, -0.1) is 5.10 Å². The second-order valence-electron chi connectivity index (χ2n) is 6.17. The monoisotopic (exact) mass is 456 g/mol. The van der Waals surface area contributed by atoms with Gasteiger partial charge in [-0.25, -0.2) is 9.78 Å². The summed E-state index contributed by atoms with van der Waals surface area (Å²) in [7, 11) is 0. The van der Waals surface area contributed by atoms with E-state index in [9.17, 15) is 9.90 Å². The van der Waals surface area contributed by atoms with Gasteiger partial charge in [-0.2, -0.15) is 0 Å². The third-order valence-electron chi connectivity index (χ3n) is 4.16. The number of nitrogens with one attached hydrogen (secondary N) is 1. The molecule has 2 heterocycles. The van der Waals surface area contributed by atoms with E-state index in [-0.39, 0.29) is 4.91 Å². The van der Waals surface area contributed by atoms with Crippen LogP contribution in [0.25, 0.3) is 23.2 Å². The van der Waals surface area contributed by atoms with Gasteiger partial charge in [0.2, 0.25) is 5.16 Å². The molecule has 0 saturated carbocycles. The normalized spacial score (nSPS) is 11.6. The number of aromatic amines is 1. The van der Waals surface area contributed by atoms with Crippen LogP contribution in [-0.4, -0.2) is 30.8 Å². The van der Waals surface area contributed by atoms with Crippen molar-refractivity contribution in [2.24, 2.45) is 0 Å². The first-order chi connectivity index (χ1) is 14.5. The maximum Gasteiger partial charge on any atom is 0.342 e. The molecule has 0 aliphatic carbocycles. The van der Waals surface area contributed by atoms with Crippen LogP contribution in [0, 0.1) is 0 Å². The van der Waals surface area contributed by atoms with Gasteiger partial charge in [0.05, 0.1) is 0 Å². The Kier molecular flexibility index (Phi) is 5.94. The number of hydrogen-bond acceptors (Lipinski definition) is 4. The van der Waals surface area contributed by atoms with Crippen molar-refractivity contribution in [3.63, 3.8) is 0 Å². The summed E-state index contributed by atoms with van der Waals surface area (Å²) in [6.07, 6.45) is 3.44. The summed E-state index contributed by atoms with van der Waals surface area (Å²) >= 11 is 12.8. The number of H-pyrrole nitrogens is 1.